The van der Waals surface area contributed by atoms with Crippen molar-refractivity contribution in [3.05, 3.63) is 6.43 Å². The van der Waals surface area contributed by atoms with Gasteiger partial charge in [-0.05, 0) is 6.92 Å². The van der Waals surface area contributed by atoms with Gasteiger partial charge in [0.05, 0.1) is 12.2 Å². The second-order valence-corrected chi connectivity index (χ2v) is 5.67. The van der Waals surface area contributed by atoms with Crippen molar-refractivity contribution < 1.29 is 88.9 Å². The SMILES string of the molecule is CCS(=O)(=O)O.F[C-](F)C(F)(F)C(F)(F)C(F)(F)C(F)(F)C(F)(F)F.[Li+]. The smallest absolute Gasteiger partial charge is 0.415 e. The molecule has 0 aliphatic rings. The fourth-order valence-electron chi connectivity index (χ4n) is 0.691. The van der Waals surface area contributed by atoms with Crippen LogP contribution < -0.4 is 18.9 Å². The summed E-state index contributed by atoms with van der Waals surface area (Å²) in [7, 11) is -3.66. The van der Waals surface area contributed by atoms with E-state index in [2.05, 4.69) is 0 Å². The van der Waals surface area contributed by atoms with E-state index in [9.17, 15) is 65.5 Å². The summed E-state index contributed by atoms with van der Waals surface area (Å²) in [4.78, 5) is 0. The van der Waals surface area contributed by atoms with Crippen molar-refractivity contribution in [2.75, 3.05) is 5.75 Å². The van der Waals surface area contributed by atoms with Gasteiger partial charge in [-0.1, -0.05) is 0 Å². The monoisotopic (exact) mass is 436 g/mol. The zero-order valence-corrected chi connectivity index (χ0v) is 13.1. The van der Waals surface area contributed by atoms with Gasteiger partial charge in [0.1, 0.15) is 0 Å². The van der Waals surface area contributed by atoms with Gasteiger partial charge in [0.15, 0.2) is 0 Å². The van der Waals surface area contributed by atoms with Crippen LogP contribution in [0, 0.1) is 6.43 Å². The van der Waals surface area contributed by atoms with E-state index in [1.165, 1.54) is 6.92 Å². The Morgan fingerprint density at radius 3 is 1.19 bits per heavy atom. The Bertz CT molecular complexity index is 542. The third-order valence-corrected chi connectivity index (χ3v) is 2.87. The second-order valence-electron chi connectivity index (χ2n) is 3.93. The first kappa shape index (κ1) is 30.3. The predicted octanol–water partition coefficient (Wildman–Crippen LogP) is 1.42. The summed E-state index contributed by atoms with van der Waals surface area (Å²) in [5.41, 5.74) is 0. The van der Waals surface area contributed by atoms with Gasteiger partial charge >= 0.3 is 42.8 Å². The van der Waals surface area contributed by atoms with E-state index < -0.39 is 46.4 Å². The summed E-state index contributed by atoms with van der Waals surface area (Å²) in [5, 5.41) is 0. The van der Waals surface area contributed by atoms with Crippen LogP contribution in [0.4, 0.5) is 57.1 Å². The molecule has 0 aliphatic carbocycles. The number of hydrogen-bond acceptors (Lipinski definition) is 2. The van der Waals surface area contributed by atoms with E-state index in [4.69, 9.17) is 4.55 Å². The predicted molar refractivity (Wildman–Crippen MR) is 53.4 cm³/mol. The topological polar surface area (TPSA) is 54.4 Å². The number of rotatable bonds is 5. The zero-order chi connectivity index (χ0) is 21.3. The molecule has 26 heavy (non-hydrogen) atoms. The molecule has 0 saturated carbocycles. The molecule has 0 rings (SSSR count). The first-order valence-corrected chi connectivity index (χ1v) is 6.83. The van der Waals surface area contributed by atoms with E-state index in [0.29, 0.717) is 0 Å². The van der Waals surface area contributed by atoms with Gasteiger partial charge in [-0.25, -0.2) is 8.78 Å². The van der Waals surface area contributed by atoms with Crippen LogP contribution >= 0.6 is 0 Å². The molecule has 0 spiro atoms. The third kappa shape index (κ3) is 6.06. The number of alkyl halides is 11. The molecule has 0 saturated heterocycles. The van der Waals surface area contributed by atoms with Gasteiger partial charge in [0.25, 0.3) is 16.0 Å². The van der Waals surface area contributed by atoms with Crippen molar-refractivity contribution in [2.45, 2.75) is 36.8 Å². The first-order chi connectivity index (χ1) is 10.5. The van der Waals surface area contributed by atoms with E-state index >= 15 is 0 Å². The molecule has 18 heteroatoms. The Hall–Kier alpha value is -0.403. The Labute approximate surface area is 148 Å². The van der Waals surface area contributed by atoms with Crippen LogP contribution in [0.25, 0.3) is 0 Å². The normalized spacial score (nSPS) is 14.5. The van der Waals surface area contributed by atoms with Gasteiger partial charge < -0.3 is 8.78 Å². The fraction of sp³-hybridized carbons (Fsp3) is 0.875. The second kappa shape index (κ2) is 8.74. The minimum atomic E-state index is -7.80. The molecular formula is C8H6F13LiO3S. The van der Waals surface area contributed by atoms with Crippen molar-refractivity contribution in [1.29, 1.82) is 0 Å². The van der Waals surface area contributed by atoms with Crippen LogP contribution in [-0.4, -0.2) is 48.6 Å². The van der Waals surface area contributed by atoms with Crippen molar-refractivity contribution in [1.82, 2.24) is 0 Å². The van der Waals surface area contributed by atoms with Gasteiger partial charge in [0, 0.05) is 0 Å². The fourth-order valence-corrected chi connectivity index (χ4v) is 0.691. The quantitative estimate of drug-likeness (QED) is 0.307. The van der Waals surface area contributed by atoms with E-state index in [1.807, 2.05) is 0 Å². The molecular weight excluding hydrogens is 430 g/mol. The summed E-state index contributed by atoms with van der Waals surface area (Å²) >= 11 is 0. The molecule has 0 radical (unpaired) electrons. The van der Waals surface area contributed by atoms with Crippen molar-refractivity contribution >= 4 is 10.1 Å². The van der Waals surface area contributed by atoms with E-state index in [-0.39, 0.29) is 24.6 Å². The molecule has 0 fully saturated rings. The summed E-state index contributed by atoms with van der Waals surface area (Å²) in [6.07, 6.45) is -12.1. The third-order valence-electron chi connectivity index (χ3n) is 2.14. The minimum absolute atomic E-state index is 0. The van der Waals surface area contributed by atoms with E-state index in [1.54, 1.807) is 0 Å². The molecule has 0 unspecified atom stereocenters. The minimum Gasteiger partial charge on any atom is -0.415 e. The molecule has 0 amide bonds. The van der Waals surface area contributed by atoms with Crippen molar-refractivity contribution in [3.63, 3.8) is 0 Å². The van der Waals surface area contributed by atoms with Crippen LogP contribution in [-0.2, 0) is 10.1 Å². The molecule has 0 aliphatic heterocycles. The summed E-state index contributed by atoms with van der Waals surface area (Å²) in [6, 6.07) is 0. The molecule has 0 atom stereocenters. The summed E-state index contributed by atoms with van der Waals surface area (Å²) in [5.74, 6) is -30.5. The van der Waals surface area contributed by atoms with Crippen LogP contribution in [0.5, 0.6) is 0 Å². The zero-order valence-electron chi connectivity index (χ0n) is 12.3. The Morgan fingerprint density at radius 1 is 0.769 bits per heavy atom. The summed E-state index contributed by atoms with van der Waals surface area (Å²) in [6.45, 7) is 1.37. The van der Waals surface area contributed by atoms with Crippen LogP contribution in [0.1, 0.15) is 6.92 Å². The number of hydrogen-bond donors (Lipinski definition) is 1. The molecule has 3 nitrogen and oxygen atoms in total. The van der Waals surface area contributed by atoms with Crippen LogP contribution in [0.3, 0.4) is 0 Å². The largest absolute Gasteiger partial charge is 1.00 e. The maximum absolute atomic E-state index is 12.3. The van der Waals surface area contributed by atoms with Gasteiger partial charge in [0.2, 0.25) is 0 Å². The van der Waals surface area contributed by atoms with Crippen molar-refractivity contribution in [3.8, 4) is 0 Å². The van der Waals surface area contributed by atoms with Gasteiger partial charge in [-0.2, -0.15) is 47.9 Å². The van der Waals surface area contributed by atoms with Gasteiger partial charge in [-0.15, -0.1) is 0 Å². The Kier molecular flexibility index (Phi) is 10.2. The molecule has 0 heterocycles. The Balaban J connectivity index is -0.000000649. The average molecular weight is 436 g/mol. The number of halogens is 13. The van der Waals surface area contributed by atoms with E-state index in [0.717, 1.165) is 0 Å². The van der Waals surface area contributed by atoms with Gasteiger partial charge in [-0.3, -0.25) is 4.55 Å². The molecule has 0 aromatic rings. The molecule has 0 bridgehead atoms. The molecule has 154 valence electrons. The van der Waals surface area contributed by atoms with Crippen LogP contribution in [0.2, 0.25) is 0 Å². The summed E-state index contributed by atoms with van der Waals surface area (Å²) < 4.78 is 181. The average Bonchev–Trinajstić information content (AvgIpc) is 2.36. The maximum atomic E-state index is 12.3. The first-order valence-electron chi connectivity index (χ1n) is 5.22. The molecule has 1 N–H and O–H groups in total. The van der Waals surface area contributed by atoms with Crippen molar-refractivity contribution in [2.24, 2.45) is 0 Å². The maximum Gasteiger partial charge on any atom is 1.00 e. The van der Waals surface area contributed by atoms with Crippen LogP contribution in [0.15, 0.2) is 0 Å². The Morgan fingerprint density at radius 2 is 1.04 bits per heavy atom. The molecule has 0 aromatic heterocycles. The molecule has 0 aromatic carbocycles. The standard InChI is InChI=1S/C6F13.C2H6O3S.Li/c7-1(8)2(9,10)3(11,12)4(13,14)5(15,16)6(17,18)19;1-2-6(3,4)5;/h;2H2,1H3,(H,3,4,5);/q-1;;+1.